The van der Waals surface area contributed by atoms with E-state index in [9.17, 15) is 9.59 Å². The number of hydrogen-bond donors (Lipinski definition) is 1. The minimum atomic E-state index is -0.898. The normalized spacial score (nSPS) is 11.9. The summed E-state index contributed by atoms with van der Waals surface area (Å²) >= 11 is 0. The van der Waals surface area contributed by atoms with Crippen molar-refractivity contribution in [2.45, 2.75) is 31.2 Å². The molecule has 206 valence electrons. The molecule has 1 N–H and O–H groups in total. The highest BCUT2D eigenvalue weighted by molar-refractivity contribution is 5.99. The molecule has 6 nitrogen and oxygen atoms in total. The van der Waals surface area contributed by atoms with E-state index < -0.39 is 17.4 Å². The van der Waals surface area contributed by atoms with Gasteiger partial charge in [0.15, 0.2) is 0 Å². The predicted octanol–water partition coefficient (Wildman–Crippen LogP) is 6.34. The Morgan fingerprint density at radius 1 is 0.780 bits per heavy atom. The van der Waals surface area contributed by atoms with Crippen LogP contribution in [0.4, 0.5) is 5.69 Å². The van der Waals surface area contributed by atoms with Gasteiger partial charge >= 0.3 is 5.97 Å². The Hall–Kier alpha value is -4.97. The summed E-state index contributed by atoms with van der Waals surface area (Å²) in [6.45, 7) is 1.84. The molecule has 0 aliphatic rings. The molecule has 0 fully saturated rings. The van der Waals surface area contributed by atoms with E-state index in [1.54, 1.807) is 24.3 Å². The van der Waals surface area contributed by atoms with E-state index >= 15 is 0 Å². The number of anilines is 1. The van der Waals surface area contributed by atoms with Gasteiger partial charge in [0, 0.05) is 30.4 Å². The molecule has 6 heteroatoms. The average Bonchev–Trinajstić information content (AvgIpc) is 3.56. The molecule has 1 atom stereocenters. The number of amides is 1. The fraction of sp³-hybridized carbons (Fsp3) is 0.171. The summed E-state index contributed by atoms with van der Waals surface area (Å²) < 4.78 is 6.31. The van der Waals surface area contributed by atoms with Crippen LogP contribution in [0.2, 0.25) is 0 Å². The highest BCUT2D eigenvalue weighted by atomic mass is 16.5. The van der Waals surface area contributed by atoms with Crippen molar-refractivity contribution >= 4 is 17.6 Å². The third kappa shape index (κ3) is 5.97. The van der Waals surface area contributed by atoms with Gasteiger partial charge in [-0.25, -0.2) is 9.78 Å². The Kier molecular flexibility index (Phi) is 8.70. The van der Waals surface area contributed by atoms with E-state index in [0.717, 1.165) is 22.4 Å². The van der Waals surface area contributed by atoms with Gasteiger partial charge < -0.3 is 9.72 Å². The maximum absolute atomic E-state index is 14.2. The number of nitrogens with one attached hydrogen (secondary N) is 1. The van der Waals surface area contributed by atoms with Gasteiger partial charge in [-0.05, 0) is 28.8 Å². The van der Waals surface area contributed by atoms with Crippen molar-refractivity contribution in [3.63, 3.8) is 0 Å². The molecule has 1 heterocycles. The number of carbonyl (C=O) groups excluding carboxylic acids is 2. The predicted molar refractivity (Wildman–Crippen MR) is 160 cm³/mol. The summed E-state index contributed by atoms with van der Waals surface area (Å²) in [7, 11) is 0. The van der Waals surface area contributed by atoms with E-state index in [4.69, 9.17) is 4.74 Å². The molecule has 1 amide bonds. The number of H-pyrrole nitrogens is 1. The number of carbonyl (C=O) groups is 2. The number of para-hydroxylation sites is 1. The summed E-state index contributed by atoms with van der Waals surface area (Å²) in [5.41, 5.74) is 3.60. The van der Waals surface area contributed by atoms with Gasteiger partial charge in [0.2, 0.25) is 5.91 Å². The van der Waals surface area contributed by atoms with Gasteiger partial charge in [-0.3, -0.25) is 9.69 Å². The molecule has 0 radical (unpaired) electrons. The summed E-state index contributed by atoms with van der Waals surface area (Å²) in [5, 5.41) is 0. The van der Waals surface area contributed by atoms with Crippen LogP contribution in [0.25, 0.3) is 0 Å². The highest BCUT2D eigenvalue weighted by Gasteiger charge is 2.40. The lowest BCUT2D eigenvalue weighted by molar-refractivity contribution is -0.147. The topological polar surface area (TPSA) is 75.3 Å². The van der Waals surface area contributed by atoms with Crippen LogP contribution in [-0.4, -0.2) is 34.5 Å². The number of rotatable bonds is 11. The Bertz CT molecular complexity index is 1430. The highest BCUT2D eigenvalue weighted by Crippen LogP contribution is 2.39. The first-order valence-electron chi connectivity index (χ1n) is 13.8. The standard InChI is InChI=1S/C35H33N3O3/c1-2-33(39)38(31-21-13-6-14-22-31)32(23-30-24-36-26-37-30)34(40)41-25-35(27-15-7-3-8-16-27,28-17-9-4-10-18-28)29-19-11-5-12-20-29/h3-22,24,26,32H,2,23,25H2,1H3,(H,36,37). The molecule has 5 aromatic rings. The molecule has 0 saturated carbocycles. The number of imidazole rings is 1. The molecule has 1 unspecified atom stereocenters. The third-order valence-corrected chi connectivity index (χ3v) is 7.39. The minimum Gasteiger partial charge on any atom is -0.462 e. The zero-order chi connectivity index (χ0) is 28.5. The molecule has 0 saturated heterocycles. The number of aromatic nitrogens is 2. The average molecular weight is 544 g/mol. The molecule has 5 rings (SSSR count). The van der Waals surface area contributed by atoms with Crippen LogP contribution < -0.4 is 4.90 Å². The van der Waals surface area contributed by atoms with E-state index in [2.05, 4.69) is 46.4 Å². The lowest BCUT2D eigenvalue weighted by Gasteiger charge is -2.36. The Morgan fingerprint density at radius 2 is 1.27 bits per heavy atom. The molecule has 0 spiro atoms. The lowest BCUT2D eigenvalue weighted by Crippen LogP contribution is -2.48. The van der Waals surface area contributed by atoms with Crippen molar-refractivity contribution in [3.8, 4) is 0 Å². The molecule has 0 bridgehead atoms. The SMILES string of the molecule is CCC(=O)N(c1ccccc1)C(Cc1cnc[nH]1)C(=O)OCC(c1ccccc1)(c1ccccc1)c1ccccc1. The second kappa shape index (κ2) is 12.9. The maximum Gasteiger partial charge on any atom is 0.329 e. The minimum absolute atomic E-state index is 0.0479. The van der Waals surface area contributed by atoms with Crippen LogP contribution in [0.15, 0.2) is 134 Å². The van der Waals surface area contributed by atoms with Gasteiger partial charge in [0.25, 0.3) is 0 Å². The summed E-state index contributed by atoms with van der Waals surface area (Å²) in [6, 6.07) is 38.7. The van der Waals surface area contributed by atoms with Crippen LogP contribution >= 0.6 is 0 Å². The lowest BCUT2D eigenvalue weighted by atomic mass is 9.70. The van der Waals surface area contributed by atoms with E-state index in [0.29, 0.717) is 5.69 Å². The van der Waals surface area contributed by atoms with Crippen LogP contribution in [0.5, 0.6) is 0 Å². The molecular weight excluding hydrogens is 510 g/mol. The van der Waals surface area contributed by atoms with Crippen molar-refractivity contribution in [3.05, 3.63) is 156 Å². The van der Waals surface area contributed by atoms with Gasteiger partial charge in [-0.15, -0.1) is 0 Å². The first-order valence-corrected chi connectivity index (χ1v) is 13.8. The zero-order valence-corrected chi connectivity index (χ0v) is 23.0. The first kappa shape index (κ1) is 27.6. The van der Waals surface area contributed by atoms with Crippen LogP contribution in [0.3, 0.4) is 0 Å². The van der Waals surface area contributed by atoms with Gasteiger partial charge in [0.1, 0.15) is 12.6 Å². The largest absolute Gasteiger partial charge is 0.462 e. The van der Waals surface area contributed by atoms with Crippen LogP contribution in [0, 0.1) is 0 Å². The number of aromatic amines is 1. The molecule has 0 aliphatic heterocycles. The summed E-state index contributed by atoms with van der Waals surface area (Å²) in [4.78, 5) is 36.3. The number of esters is 1. The van der Waals surface area contributed by atoms with Crippen molar-refractivity contribution in [2.75, 3.05) is 11.5 Å². The third-order valence-electron chi connectivity index (χ3n) is 7.39. The number of hydrogen-bond acceptors (Lipinski definition) is 4. The molecule has 41 heavy (non-hydrogen) atoms. The van der Waals surface area contributed by atoms with Crippen molar-refractivity contribution < 1.29 is 14.3 Å². The quantitative estimate of drug-likeness (QED) is 0.156. The summed E-state index contributed by atoms with van der Waals surface area (Å²) in [5.74, 6) is -0.657. The maximum atomic E-state index is 14.2. The monoisotopic (exact) mass is 543 g/mol. The first-order chi connectivity index (χ1) is 20.1. The Labute approximate surface area is 240 Å². The van der Waals surface area contributed by atoms with Crippen molar-refractivity contribution in [1.82, 2.24) is 9.97 Å². The van der Waals surface area contributed by atoms with E-state index in [1.807, 2.05) is 84.9 Å². The number of ether oxygens (including phenoxy) is 1. The Balaban J connectivity index is 1.58. The number of nitrogens with zero attached hydrogens (tertiary/aromatic N) is 2. The molecule has 4 aromatic carbocycles. The van der Waals surface area contributed by atoms with Gasteiger partial charge in [-0.1, -0.05) is 116 Å². The second-order valence-corrected chi connectivity index (χ2v) is 9.86. The van der Waals surface area contributed by atoms with Crippen LogP contribution in [0.1, 0.15) is 35.7 Å². The van der Waals surface area contributed by atoms with E-state index in [1.165, 1.54) is 0 Å². The summed E-state index contributed by atoms with van der Waals surface area (Å²) in [6.07, 6.45) is 3.71. The Morgan fingerprint density at radius 3 is 1.71 bits per heavy atom. The van der Waals surface area contributed by atoms with Crippen molar-refractivity contribution in [1.29, 1.82) is 0 Å². The second-order valence-electron chi connectivity index (χ2n) is 9.86. The molecule has 1 aromatic heterocycles. The molecule has 0 aliphatic carbocycles. The number of benzene rings is 4. The van der Waals surface area contributed by atoms with Gasteiger partial charge in [-0.2, -0.15) is 0 Å². The van der Waals surface area contributed by atoms with Crippen LogP contribution in [-0.2, 0) is 26.2 Å². The zero-order valence-electron chi connectivity index (χ0n) is 23.0. The fourth-order valence-corrected chi connectivity index (χ4v) is 5.33. The van der Waals surface area contributed by atoms with E-state index in [-0.39, 0.29) is 25.4 Å². The molecular formula is C35H33N3O3. The fourth-order valence-electron chi connectivity index (χ4n) is 5.33. The van der Waals surface area contributed by atoms with Crippen molar-refractivity contribution in [2.24, 2.45) is 0 Å². The van der Waals surface area contributed by atoms with Gasteiger partial charge in [0.05, 0.1) is 11.7 Å². The smallest absolute Gasteiger partial charge is 0.329 e.